The van der Waals surface area contributed by atoms with Gasteiger partial charge in [0.1, 0.15) is 17.0 Å². The van der Waals surface area contributed by atoms with E-state index in [1.807, 2.05) is 48.5 Å². The fraction of sp³-hybridized carbons (Fsp3) is 0.357. The minimum atomic E-state index is -0.316. The fourth-order valence-corrected chi connectivity index (χ4v) is 4.54. The number of amides is 3. The van der Waals surface area contributed by atoms with Crippen molar-refractivity contribution in [2.45, 2.75) is 38.5 Å². The number of nitrogens with zero attached hydrogens (tertiary/aromatic N) is 2. The molecule has 36 heavy (non-hydrogen) atoms. The summed E-state index contributed by atoms with van der Waals surface area (Å²) in [5, 5.41) is 10.0. The summed E-state index contributed by atoms with van der Waals surface area (Å²) in [4.78, 5) is 40.4. The maximum atomic E-state index is 13.6. The lowest BCUT2D eigenvalue weighted by Gasteiger charge is -2.24. The summed E-state index contributed by atoms with van der Waals surface area (Å²) in [5.74, 6) is 0.0230. The molecule has 2 aromatic carbocycles. The van der Waals surface area contributed by atoms with Crippen molar-refractivity contribution >= 4 is 17.7 Å². The van der Waals surface area contributed by atoms with Crippen LogP contribution in [0.15, 0.2) is 65.2 Å². The second kappa shape index (κ2) is 12.2. The Morgan fingerprint density at radius 2 is 1.64 bits per heavy atom. The van der Waals surface area contributed by atoms with Gasteiger partial charge in [-0.1, -0.05) is 65.8 Å². The van der Waals surface area contributed by atoms with Gasteiger partial charge in [0, 0.05) is 31.6 Å². The van der Waals surface area contributed by atoms with E-state index in [1.165, 1.54) is 4.90 Å². The minimum Gasteiger partial charge on any atom is -0.360 e. The highest BCUT2D eigenvalue weighted by atomic mass is 16.5. The molecule has 0 saturated carbocycles. The lowest BCUT2D eigenvalue weighted by atomic mass is 9.91. The number of hydrogen-bond donors (Lipinski definition) is 2. The molecule has 188 valence electrons. The topological polar surface area (TPSA) is 105 Å². The summed E-state index contributed by atoms with van der Waals surface area (Å²) in [5.41, 5.74) is 2.73. The molecule has 1 atom stereocenters. The van der Waals surface area contributed by atoms with Gasteiger partial charge in [-0.3, -0.25) is 14.4 Å². The van der Waals surface area contributed by atoms with Gasteiger partial charge in [-0.05, 0) is 37.7 Å². The van der Waals surface area contributed by atoms with Crippen molar-refractivity contribution in [2.75, 3.05) is 26.2 Å². The molecule has 0 bridgehead atoms. The zero-order chi connectivity index (χ0) is 25.3. The highest BCUT2D eigenvalue weighted by Gasteiger charge is 2.27. The van der Waals surface area contributed by atoms with E-state index in [-0.39, 0.29) is 30.2 Å². The molecule has 2 heterocycles. The van der Waals surface area contributed by atoms with Crippen LogP contribution in [0, 0.1) is 6.92 Å². The van der Waals surface area contributed by atoms with E-state index < -0.39 is 0 Å². The largest absolute Gasteiger partial charge is 0.360 e. The van der Waals surface area contributed by atoms with E-state index in [0.717, 1.165) is 11.1 Å². The number of benzene rings is 2. The first-order chi connectivity index (χ1) is 17.5. The van der Waals surface area contributed by atoms with E-state index in [9.17, 15) is 14.4 Å². The van der Waals surface area contributed by atoms with Crippen LogP contribution in [0.4, 0.5) is 0 Å². The summed E-state index contributed by atoms with van der Waals surface area (Å²) in [6.07, 6.45) is 2.36. The molecular weight excluding hydrogens is 456 g/mol. The molecule has 0 spiro atoms. The van der Waals surface area contributed by atoms with Crippen LogP contribution in [0.1, 0.15) is 53.3 Å². The number of aromatic nitrogens is 1. The molecular formula is C28H32N4O4. The van der Waals surface area contributed by atoms with Crippen molar-refractivity contribution in [3.63, 3.8) is 0 Å². The van der Waals surface area contributed by atoms with Gasteiger partial charge in [0.15, 0.2) is 0 Å². The van der Waals surface area contributed by atoms with Gasteiger partial charge >= 0.3 is 0 Å². The number of carbonyl (C=O) groups is 3. The first-order valence-corrected chi connectivity index (χ1v) is 12.4. The molecule has 8 nitrogen and oxygen atoms in total. The second-order valence-corrected chi connectivity index (χ2v) is 9.04. The highest BCUT2D eigenvalue weighted by Crippen LogP contribution is 2.27. The molecule has 0 aliphatic carbocycles. The lowest BCUT2D eigenvalue weighted by molar-refractivity contribution is -0.123. The van der Waals surface area contributed by atoms with E-state index >= 15 is 0 Å². The van der Waals surface area contributed by atoms with Gasteiger partial charge in [-0.15, -0.1) is 0 Å². The van der Waals surface area contributed by atoms with Crippen LogP contribution in [-0.2, 0) is 9.59 Å². The molecule has 2 N–H and O–H groups in total. The third-order valence-electron chi connectivity index (χ3n) is 6.48. The Hall–Kier alpha value is -3.94. The van der Waals surface area contributed by atoms with Gasteiger partial charge in [0.25, 0.3) is 5.91 Å². The first-order valence-electron chi connectivity index (χ1n) is 12.4. The summed E-state index contributed by atoms with van der Waals surface area (Å²) in [6.45, 7) is 2.82. The van der Waals surface area contributed by atoms with Crippen molar-refractivity contribution in [1.82, 2.24) is 20.7 Å². The third kappa shape index (κ3) is 6.38. The Labute approximate surface area is 211 Å². The molecule has 1 aliphatic rings. The van der Waals surface area contributed by atoms with Crippen molar-refractivity contribution in [3.05, 3.63) is 77.6 Å². The predicted octanol–water partition coefficient (Wildman–Crippen LogP) is 3.68. The average Bonchev–Trinajstić information content (AvgIpc) is 3.29. The van der Waals surface area contributed by atoms with E-state index in [1.54, 1.807) is 6.92 Å². The van der Waals surface area contributed by atoms with Crippen LogP contribution in [0.2, 0.25) is 0 Å². The predicted molar refractivity (Wildman–Crippen MR) is 136 cm³/mol. The Morgan fingerprint density at radius 3 is 2.39 bits per heavy atom. The van der Waals surface area contributed by atoms with Crippen LogP contribution in [-0.4, -0.2) is 54.0 Å². The Balaban J connectivity index is 1.51. The van der Waals surface area contributed by atoms with E-state index in [4.69, 9.17) is 4.52 Å². The standard InChI is InChI=1S/C28H32N4O4/c1-20-26(27(31-36-20)23-11-6-3-7-12-23)28(35)32-18-8-16-29-24(33)14-13-22(15-17-30-25(34)19-32)21-9-4-2-5-10-21/h2-7,9-12,22H,8,13-19H2,1H3,(H,29,33)(H,30,34). The van der Waals surface area contributed by atoms with Gasteiger partial charge in [0.05, 0.1) is 6.54 Å². The van der Waals surface area contributed by atoms with Crippen LogP contribution < -0.4 is 10.6 Å². The third-order valence-corrected chi connectivity index (χ3v) is 6.48. The average molecular weight is 489 g/mol. The Bertz CT molecular complexity index is 1180. The fourth-order valence-electron chi connectivity index (χ4n) is 4.54. The van der Waals surface area contributed by atoms with Crippen molar-refractivity contribution in [2.24, 2.45) is 0 Å². The Morgan fingerprint density at radius 1 is 0.944 bits per heavy atom. The van der Waals surface area contributed by atoms with Crippen LogP contribution in [0.5, 0.6) is 0 Å². The molecule has 3 aromatic rings. The molecule has 1 unspecified atom stereocenters. The van der Waals surface area contributed by atoms with Crippen molar-refractivity contribution < 1.29 is 18.9 Å². The molecule has 1 saturated heterocycles. The lowest BCUT2D eigenvalue weighted by Crippen LogP contribution is -2.42. The summed E-state index contributed by atoms with van der Waals surface area (Å²) in [6, 6.07) is 19.4. The smallest absolute Gasteiger partial charge is 0.260 e. The van der Waals surface area contributed by atoms with Crippen molar-refractivity contribution in [1.29, 1.82) is 0 Å². The number of hydrogen-bond acceptors (Lipinski definition) is 5. The van der Waals surface area contributed by atoms with E-state index in [0.29, 0.717) is 62.3 Å². The highest BCUT2D eigenvalue weighted by molar-refractivity contribution is 6.02. The number of carbonyl (C=O) groups excluding carboxylic acids is 3. The first kappa shape index (κ1) is 25.2. The van der Waals surface area contributed by atoms with Crippen LogP contribution >= 0.6 is 0 Å². The maximum Gasteiger partial charge on any atom is 0.260 e. The molecule has 1 aliphatic heterocycles. The quantitative estimate of drug-likeness (QED) is 0.585. The number of aryl methyl sites for hydroxylation is 1. The SMILES string of the molecule is Cc1onc(-c2ccccc2)c1C(=O)N1CCCNC(=O)CCC(c2ccccc2)CCNC(=O)C1. The van der Waals surface area contributed by atoms with Gasteiger partial charge in [-0.25, -0.2) is 0 Å². The molecule has 8 heteroatoms. The van der Waals surface area contributed by atoms with Gasteiger partial charge < -0.3 is 20.1 Å². The number of rotatable bonds is 3. The molecule has 1 aromatic heterocycles. The molecule has 3 amide bonds. The zero-order valence-electron chi connectivity index (χ0n) is 20.5. The zero-order valence-corrected chi connectivity index (χ0v) is 20.5. The molecule has 4 rings (SSSR count). The van der Waals surface area contributed by atoms with Crippen LogP contribution in [0.3, 0.4) is 0 Å². The summed E-state index contributed by atoms with van der Waals surface area (Å²) >= 11 is 0. The maximum absolute atomic E-state index is 13.6. The monoisotopic (exact) mass is 488 g/mol. The Kier molecular flexibility index (Phi) is 8.49. The normalized spacial score (nSPS) is 18.1. The van der Waals surface area contributed by atoms with Gasteiger partial charge in [-0.2, -0.15) is 0 Å². The number of nitrogens with one attached hydrogen (secondary N) is 2. The summed E-state index contributed by atoms with van der Waals surface area (Å²) in [7, 11) is 0. The van der Waals surface area contributed by atoms with Crippen LogP contribution in [0.25, 0.3) is 11.3 Å². The second-order valence-electron chi connectivity index (χ2n) is 9.04. The van der Waals surface area contributed by atoms with E-state index in [2.05, 4.69) is 27.9 Å². The molecule has 0 radical (unpaired) electrons. The molecule has 1 fully saturated rings. The van der Waals surface area contributed by atoms with Crippen molar-refractivity contribution in [3.8, 4) is 11.3 Å². The summed E-state index contributed by atoms with van der Waals surface area (Å²) < 4.78 is 5.37. The van der Waals surface area contributed by atoms with Gasteiger partial charge in [0.2, 0.25) is 11.8 Å². The minimum absolute atomic E-state index is 0.00357.